The third-order valence-electron chi connectivity index (χ3n) is 3.08. The summed E-state index contributed by atoms with van der Waals surface area (Å²) in [6.45, 7) is 3.48. The van der Waals surface area contributed by atoms with Crippen molar-refractivity contribution in [3.63, 3.8) is 0 Å². The van der Waals surface area contributed by atoms with E-state index in [4.69, 9.17) is 5.73 Å². The van der Waals surface area contributed by atoms with E-state index in [1.165, 1.54) is 11.1 Å². The number of carbonyl (C=O) groups is 1. The molecule has 0 radical (unpaired) electrons. The summed E-state index contributed by atoms with van der Waals surface area (Å²) in [6.07, 6.45) is 4.58. The Morgan fingerprint density at radius 2 is 1.89 bits per heavy atom. The van der Waals surface area contributed by atoms with E-state index in [-0.39, 0.29) is 5.91 Å². The third-order valence-corrected chi connectivity index (χ3v) is 3.08. The number of benzene rings is 1. The van der Waals surface area contributed by atoms with Gasteiger partial charge in [0.2, 0.25) is 5.91 Å². The molecule has 0 aromatic heterocycles. The summed E-state index contributed by atoms with van der Waals surface area (Å²) in [5.41, 5.74) is 7.94. The zero-order valence-electron chi connectivity index (χ0n) is 11.2. The summed E-state index contributed by atoms with van der Waals surface area (Å²) in [5, 5.41) is 2.98. The molecule has 1 aromatic carbocycles. The van der Waals surface area contributed by atoms with Crippen molar-refractivity contribution in [2.75, 3.05) is 6.54 Å². The number of amides is 1. The van der Waals surface area contributed by atoms with E-state index < -0.39 is 0 Å². The van der Waals surface area contributed by atoms with Crippen molar-refractivity contribution in [1.82, 2.24) is 5.32 Å². The van der Waals surface area contributed by atoms with Gasteiger partial charge in [-0.15, -0.1) is 0 Å². The van der Waals surface area contributed by atoms with Crippen LogP contribution >= 0.6 is 0 Å². The lowest BCUT2D eigenvalue weighted by Gasteiger charge is -2.09. The first-order valence-electron chi connectivity index (χ1n) is 6.81. The SMILES string of the molecule is CCc1ccccc1CNC(=O)CCCCCN. The van der Waals surface area contributed by atoms with Gasteiger partial charge in [0, 0.05) is 13.0 Å². The Kier molecular flexibility index (Phi) is 7.11. The first-order chi connectivity index (χ1) is 8.77. The highest BCUT2D eigenvalue weighted by molar-refractivity contribution is 5.75. The number of carbonyl (C=O) groups excluding carboxylic acids is 1. The molecule has 0 fully saturated rings. The summed E-state index contributed by atoms with van der Waals surface area (Å²) < 4.78 is 0. The number of rotatable bonds is 8. The molecule has 100 valence electrons. The number of unbranched alkanes of at least 4 members (excludes halogenated alkanes) is 2. The van der Waals surface area contributed by atoms with Crippen molar-refractivity contribution in [1.29, 1.82) is 0 Å². The van der Waals surface area contributed by atoms with Crippen LogP contribution in [0.25, 0.3) is 0 Å². The van der Waals surface area contributed by atoms with Crippen molar-refractivity contribution < 1.29 is 4.79 Å². The van der Waals surface area contributed by atoms with Gasteiger partial charge in [-0.2, -0.15) is 0 Å². The molecule has 1 amide bonds. The van der Waals surface area contributed by atoms with E-state index in [2.05, 4.69) is 24.4 Å². The predicted octanol–water partition coefficient (Wildman–Crippen LogP) is 2.38. The minimum atomic E-state index is 0.137. The predicted molar refractivity (Wildman–Crippen MR) is 75.2 cm³/mol. The molecule has 3 nitrogen and oxygen atoms in total. The first-order valence-corrected chi connectivity index (χ1v) is 6.81. The number of nitrogens with one attached hydrogen (secondary N) is 1. The fraction of sp³-hybridized carbons (Fsp3) is 0.533. The van der Waals surface area contributed by atoms with E-state index in [0.29, 0.717) is 19.5 Å². The molecular formula is C15H24N2O. The van der Waals surface area contributed by atoms with Crippen molar-refractivity contribution >= 4 is 5.91 Å². The molecule has 0 bridgehead atoms. The van der Waals surface area contributed by atoms with Crippen LogP contribution in [0.3, 0.4) is 0 Å². The summed E-state index contributed by atoms with van der Waals surface area (Å²) in [4.78, 5) is 11.6. The summed E-state index contributed by atoms with van der Waals surface area (Å²) >= 11 is 0. The topological polar surface area (TPSA) is 55.1 Å². The van der Waals surface area contributed by atoms with Crippen LogP contribution in [0.2, 0.25) is 0 Å². The Morgan fingerprint density at radius 1 is 1.17 bits per heavy atom. The molecule has 0 atom stereocenters. The normalized spacial score (nSPS) is 10.3. The van der Waals surface area contributed by atoms with Crippen LogP contribution in [0.1, 0.15) is 43.7 Å². The largest absolute Gasteiger partial charge is 0.352 e. The number of nitrogens with two attached hydrogens (primary N) is 1. The molecule has 0 saturated heterocycles. The van der Waals surface area contributed by atoms with Gasteiger partial charge in [0.1, 0.15) is 0 Å². The Bertz CT molecular complexity index is 363. The molecule has 3 heteroatoms. The summed E-state index contributed by atoms with van der Waals surface area (Å²) in [6, 6.07) is 8.25. The molecule has 0 aliphatic rings. The number of hydrogen-bond donors (Lipinski definition) is 2. The zero-order valence-corrected chi connectivity index (χ0v) is 11.2. The number of hydrogen-bond acceptors (Lipinski definition) is 2. The Labute approximate surface area is 110 Å². The second kappa shape index (κ2) is 8.70. The maximum absolute atomic E-state index is 11.6. The molecule has 0 heterocycles. The van der Waals surface area contributed by atoms with Crippen LogP contribution < -0.4 is 11.1 Å². The van der Waals surface area contributed by atoms with Gasteiger partial charge in [0.15, 0.2) is 0 Å². The van der Waals surface area contributed by atoms with Crippen LogP contribution in [0, 0.1) is 0 Å². The molecule has 0 aliphatic carbocycles. The molecule has 0 aliphatic heterocycles. The lowest BCUT2D eigenvalue weighted by molar-refractivity contribution is -0.121. The van der Waals surface area contributed by atoms with E-state index in [1.807, 2.05) is 12.1 Å². The highest BCUT2D eigenvalue weighted by atomic mass is 16.1. The maximum Gasteiger partial charge on any atom is 0.220 e. The average molecular weight is 248 g/mol. The highest BCUT2D eigenvalue weighted by Crippen LogP contribution is 2.09. The van der Waals surface area contributed by atoms with Gasteiger partial charge >= 0.3 is 0 Å². The molecule has 0 unspecified atom stereocenters. The minimum Gasteiger partial charge on any atom is -0.352 e. The molecule has 1 aromatic rings. The second-order valence-electron chi connectivity index (χ2n) is 4.50. The van der Waals surface area contributed by atoms with E-state index in [0.717, 1.165) is 25.7 Å². The monoisotopic (exact) mass is 248 g/mol. The standard InChI is InChI=1S/C15H24N2O/c1-2-13-8-5-6-9-14(13)12-17-15(18)10-4-3-7-11-16/h5-6,8-9H,2-4,7,10-12,16H2,1H3,(H,17,18). The quantitative estimate of drug-likeness (QED) is 0.694. The fourth-order valence-corrected chi connectivity index (χ4v) is 1.96. The summed E-state index contributed by atoms with van der Waals surface area (Å²) in [5.74, 6) is 0.137. The van der Waals surface area contributed by atoms with E-state index in [1.54, 1.807) is 0 Å². The molecule has 3 N–H and O–H groups in total. The van der Waals surface area contributed by atoms with Crippen LogP contribution in [-0.4, -0.2) is 12.5 Å². The van der Waals surface area contributed by atoms with Gasteiger partial charge in [-0.3, -0.25) is 4.79 Å². The highest BCUT2D eigenvalue weighted by Gasteiger charge is 2.03. The second-order valence-corrected chi connectivity index (χ2v) is 4.50. The average Bonchev–Trinajstić information content (AvgIpc) is 2.41. The lowest BCUT2D eigenvalue weighted by Crippen LogP contribution is -2.23. The van der Waals surface area contributed by atoms with Gasteiger partial charge < -0.3 is 11.1 Å². The third kappa shape index (κ3) is 5.32. The van der Waals surface area contributed by atoms with E-state index >= 15 is 0 Å². The van der Waals surface area contributed by atoms with Crippen LogP contribution in [0.5, 0.6) is 0 Å². The Morgan fingerprint density at radius 3 is 2.56 bits per heavy atom. The first kappa shape index (κ1) is 14.7. The van der Waals surface area contributed by atoms with Gasteiger partial charge in [-0.05, 0) is 36.9 Å². The Balaban J connectivity index is 2.29. The van der Waals surface area contributed by atoms with Gasteiger partial charge in [0.25, 0.3) is 0 Å². The Hall–Kier alpha value is -1.35. The molecule has 0 saturated carbocycles. The van der Waals surface area contributed by atoms with Crippen molar-refractivity contribution in [2.24, 2.45) is 5.73 Å². The number of aryl methyl sites for hydroxylation is 1. The van der Waals surface area contributed by atoms with Crippen LogP contribution in [0.4, 0.5) is 0 Å². The molecule has 0 spiro atoms. The van der Waals surface area contributed by atoms with Crippen molar-refractivity contribution in [3.05, 3.63) is 35.4 Å². The fourth-order valence-electron chi connectivity index (χ4n) is 1.96. The lowest BCUT2D eigenvalue weighted by atomic mass is 10.1. The van der Waals surface area contributed by atoms with Crippen LogP contribution in [-0.2, 0) is 17.8 Å². The molecular weight excluding hydrogens is 224 g/mol. The van der Waals surface area contributed by atoms with E-state index in [9.17, 15) is 4.79 Å². The summed E-state index contributed by atoms with van der Waals surface area (Å²) in [7, 11) is 0. The van der Waals surface area contributed by atoms with Crippen LogP contribution in [0.15, 0.2) is 24.3 Å². The maximum atomic E-state index is 11.6. The molecule has 18 heavy (non-hydrogen) atoms. The minimum absolute atomic E-state index is 0.137. The smallest absolute Gasteiger partial charge is 0.220 e. The van der Waals surface area contributed by atoms with Gasteiger partial charge in [0.05, 0.1) is 0 Å². The zero-order chi connectivity index (χ0) is 13.2. The van der Waals surface area contributed by atoms with Gasteiger partial charge in [-0.1, -0.05) is 37.6 Å². The molecule has 1 rings (SSSR count). The van der Waals surface area contributed by atoms with Gasteiger partial charge in [-0.25, -0.2) is 0 Å². The van der Waals surface area contributed by atoms with Crippen molar-refractivity contribution in [2.45, 2.75) is 45.6 Å². The van der Waals surface area contributed by atoms with Crippen molar-refractivity contribution in [3.8, 4) is 0 Å².